The zero-order chi connectivity index (χ0) is 34.3. The second kappa shape index (κ2) is 16.5. The lowest BCUT2D eigenvalue weighted by atomic mass is 10.0. The van der Waals surface area contributed by atoms with Crippen LogP contribution in [0.15, 0.2) is 53.9 Å². The predicted molar refractivity (Wildman–Crippen MR) is 184 cm³/mol. The van der Waals surface area contributed by atoms with Crippen molar-refractivity contribution in [2.45, 2.75) is 69.9 Å². The molecule has 4 atom stereocenters. The molecule has 0 aliphatic carbocycles. The van der Waals surface area contributed by atoms with Crippen LogP contribution in [-0.4, -0.2) is 90.4 Å². The second-order valence-electron chi connectivity index (χ2n) is 12.4. The molecular weight excluding hydrogens is 665 g/mol. The average molecular weight is 711 g/mol. The third kappa shape index (κ3) is 10.1. The van der Waals surface area contributed by atoms with E-state index in [1.807, 2.05) is 33.0 Å². The highest BCUT2D eigenvalue weighted by atomic mass is 35.5. The molecule has 14 heteroatoms. The molecule has 0 radical (unpaired) electrons. The molecule has 0 bridgehead atoms. The van der Waals surface area contributed by atoms with Gasteiger partial charge in [-0.25, -0.2) is 4.98 Å². The fraction of sp³-hybridized carbons (Fsp3) is 0.515. The van der Waals surface area contributed by atoms with Crippen LogP contribution in [-0.2, 0) is 28.4 Å². The number of hydrogen-bond acceptors (Lipinski definition) is 8. The van der Waals surface area contributed by atoms with E-state index in [4.69, 9.17) is 32.7 Å². The smallest absolute Gasteiger partial charge is 0.280 e. The molecule has 47 heavy (non-hydrogen) atoms. The number of ether oxygens (including phenoxy) is 2. The van der Waals surface area contributed by atoms with E-state index in [-0.39, 0.29) is 53.5 Å². The van der Waals surface area contributed by atoms with Crippen LogP contribution in [0, 0.1) is 5.92 Å². The van der Waals surface area contributed by atoms with Gasteiger partial charge in [-0.1, -0.05) is 36.2 Å². The summed E-state index contributed by atoms with van der Waals surface area (Å²) in [5.74, 6) is -0.168. The number of aliphatic hydroxyl groups is 1. The Hall–Kier alpha value is -2.87. The molecule has 2 aromatic carbocycles. The number of aliphatic hydroxyl groups excluding tert-OH is 1. The number of nitrogens with one attached hydrogen (secondary N) is 1. The van der Waals surface area contributed by atoms with E-state index in [1.165, 1.54) is 23.2 Å². The first-order valence-electron chi connectivity index (χ1n) is 15.7. The van der Waals surface area contributed by atoms with Crippen LogP contribution in [0.25, 0.3) is 0 Å². The van der Waals surface area contributed by atoms with Gasteiger partial charge in [-0.05, 0) is 76.1 Å². The molecule has 3 aromatic rings. The summed E-state index contributed by atoms with van der Waals surface area (Å²) in [6.45, 7) is 7.54. The van der Waals surface area contributed by atoms with E-state index in [9.17, 15) is 18.3 Å². The van der Waals surface area contributed by atoms with Gasteiger partial charge in [-0.2, -0.15) is 8.42 Å². The maximum absolute atomic E-state index is 14.3. The molecule has 1 aromatic heterocycles. The van der Waals surface area contributed by atoms with Crippen molar-refractivity contribution in [1.82, 2.24) is 19.4 Å². The molecule has 4 rings (SSSR count). The van der Waals surface area contributed by atoms with Crippen molar-refractivity contribution in [2.24, 2.45) is 13.0 Å². The Balaban J connectivity index is 1.63. The van der Waals surface area contributed by atoms with Gasteiger partial charge >= 0.3 is 0 Å². The highest BCUT2D eigenvalue weighted by Crippen LogP contribution is 2.30. The number of benzene rings is 2. The van der Waals surface area contributed by atoms with Gasteiger partial charge in [-0.15, -0.1) is 0 Å². The monoisotopic (exact) mass is 709 g/mol. The van der Waals surface area contributed by atoms with E-state index in [1.54, 1.807) is 37.1 Å². The normalized spacial score (nSPS) is 20.7. The van der Waals surface area contributed by atoms with E-state index in [0.29, 0.717) is 35.5 Å². The highest BCUT2D eigenvalue weighted by Gasteiger charge is 2.31. The van der Waals surface area contributed by atoms with E-state index >= 15 is 0 Å². The lowest BCUT2D eigenvalue weighted by Gasteiger charge is -2.36. The largest absolute Gasteiger partial charge is 0.490 e. The van der Waals surface area contributed by atoms with Gasteiger partial charge in [0.2, 0.25) is 0 Å². The molecule has 2 N–H and O–H groups in total. The Kier molecular flexibility index (Phi) is 13.0. The van der Waals surface area contributed by atoms with Crippen LogP contribution in [0.2, 0.25) is 10.0 Å². The Morgan fingerprint density at radius 2 is 1.91 bits per heavy atom. The molecular formula is C33H45Cl2N5O6S. The minimum absolute atomic E-state index is 0.124. The van der Waals surface area contributed by atoms with Gasteiger partial charge in [-0.3, -0.25) is 14.4 Å². The third-order valence-electron chi connectivity index (χ3n) is 8.19. The molecule has 258 valence electrons. The number of likely N-dealkylation sites (N-methyl/N-ethyl adjacent to an activating group) is 1. The van der Waals surface area contributed by atoms with Crippen molar-refractivity contribution in [2.75, 3.05) is 38.1 Å². The van der Waals surface area contributed by atoms with E-state index < -0.39 is 16.1 Å². The summed E-state index contributed by atoms with van der Waals surface area (Å²) in [5.41, 5.74) is 1.40. The van der Waals surface area contributed by atoms with Gasteiger partial charge in [0.15, 0.2) is 5.03 Å². The SMILES string of the molecule is C[C@@H]1CCCCO[C@H](CN(C)Cc2ccc(Cl)c(Cl)c2)[C@H](C)CN([C@@H](C)CO)C(=O)c2cc(NS(=O)(=O)c3cn(C)cn3)ccc2O1. The third-order valence-corrected chi connectivity index (χ3v) is 10.2. The number of sulfonamides is 1. The number of rotatable bonds is 9. The molecule has 0 saturated heterocycles. The summed E-state index contributed by atoms with van der Waals surface area (Å²) in [6.07, 6.45) is 4.79. The number of fused-ring (bicyclic) bond motifs is 1. The number of nitrogens with zero attached hydrogens (tertiary/aromatic N) is 4. The first kappa shape index (κ1) is 37.0. The fourth-order valence-corrected chi connectivity index (χ4v) is 6.86. The molecule has 0 unspecified atom stereocenters. The molecule has 1 aliphatic heterocycles. The number of imidazole rings is 1. The number of carbonyl (C=O) groups is 1. The van der Waals surface area contributed by atoms with Crippen LogP contribution in [0.1, 0.15) is 56.0 Å². The minimum atomic E-state index is -4.01. The number of aryl methyl sites for hydroxylation is 1. The lowest BCUT2D eigenvalue weighted by molar-refractivity contribution is -0.0177. The van der Waals surface area contributed by atoms with E-state index in [2.05, 4.69) is 14.6 Å². The number of anilines is 1. The molecule has 2 heterocycles. The van der Waals surface area contributed by atoms with Crippen molar-refractivity contribution in [3.05, 3.63) is 70.1 Å². The Morgan fingerprint density at radius 3 is 2.60 bits per heavy atom. The Morgan fingerprint density at radius 1 is 1.15 bits per heavy atom. The van der Waals surface area contributed by atoms with Crippen LogP contribution in [0.4, 0.5) is 5.69 Å². The van der Waals surface area contributed by atoms with Gasteiger partial charge in [0.05, 0.1) is 46.8 Å². The Labute approximate surface area is 287 Å². The van der Waals surface area contributed by atoms with Crippen LogP contribution < -0.4 is 9.46 Å². The summed E-state index contributed by atoms with van der Waals surface area (Å²) >= 11 is 12.4. The van der Waals surface area contributed by atoms with Gasteiger partial charge in [0, 0.05) is 51.1 Å². The van der Waals surface area contributed by atoms with Gasteiger partial charge < -0.3 is 24.0 Å². The van der Waals surface area contributed by atoms with Crippen LogP contribution >= 0.6 is 23.2 Å². The van der Waals surface area contributed by atoms with Gasteiger partial charge in [0.25, 0.3) is 15.9 Å². The predicted octanol–water partition coefficient (Wildman–Crippen LogP) is 5.46. The molecule has 1 aliphatic rings. The number of aromatic nitrogens is 2. The molecule has 1 amide bonds. The summed E-state index contributed by atoms with van der Waals surface area (Å²) in [4.78, 5) is 22.1. The van der Waals surface area contributed by atoms with Crippen molar-refractivity contribution in [1.29, 1.82) is 0 Å². The first-order chi connectivity index (χ1) is 22.3. The summed E-state index contributed by atoms with van der Waals surface area (Å²) in [7, 11) is -0.325. The number of hydrogen-bond donors (Lipinski definition) is 2. The summed E-state index contributed by atoms with van der Waals surface area (Å²) < 4.78 is 42.9. The second-order valence-corrected chi connectivity index (χ2v) is 14.9. The quantitative estimate of drug-likeness (QED) is 0.300. The average Bonchev–Trinajstić information content (AvgIpc) is 3.47. The number of halogens is 2. The number of amides is 1. The fourth-order valence-electron chi connectivity index (χ4n) is 5.51. The standard InChI is InChI=1S/C33H45Cl2N5O6S/c1-22-16-40(23(2)20-41)33(42)27-15-26(37-47(43,44)32-19-39(5)21-36-32)10-12-30(27)46-24(3)8-6-7-13-45-31(22)18-38(4)17-25-9-11-28(34)29(35)14-25/h9-12,14-15,19,21-24,31,37,41H,6-8,13,16-18,20H2,1-5H3/t22-,23+,24-,31-/m1/s1. The van der Waals surface area contributed by atoms with Crippen molar-refractivity contribution >= 4 is 44.8 Å². The lowest BCUT2D eigenvalue weighted by Crippen LogP contribution is -2.47. The van der Waals surface area contributed by atoms with E-state index in [0.717, 1.165) is 24.8 Å². The first-order valence-corrected chi connectivity index (χ1v) is 18.0. The molecule has 11 nitrogen and oxygen atoms in total. The molecule has 0 fully saturated rings. The van der Waals surface area contributed by atoms with Crippen molar-refractivity contribution < 1.29 is 27.8 Å². The van der Waals surface area contributed by atoms with Crippen molar-refractivity contribution in [3.63, 3.8) is 0 Å². The zero-order valence-electron chi connectivity index (χ0n) is 27.5. The topological polar surface area (TPSA) is 126 Å². The summed E-state index contributed by atoms with van der Waals surface area (Å²) in [5, 5.41) is 11.1. The van der Waals surface area contributed by atoms with Gasteiger partial charge in [0.1, 0.15) is 5.75 Å². The molecule has 0 spiro atoms. The van der Waals surface area contributed by atoms with Crippen LogP contribution in [0.5, 0.6) is 5.75 Å². The minimum Gasteiger partial charge on any atom is -0.490 e. The van der Waals surface area contributed by atoms with Crippen LogP contribution in [0.3, 0.4) is 0 Å². The maximum atomic E-state index is 14.3. The zero-order valence-corrected chi connectivity index (χ0v) is 29.9. The summed E-state index contributed by atoms with van der Waals surface area (Å²) in [6, 6.07) is 9.71. The number of carbonyl (C=O) groups excluding carboxylic acids is 1. The maximum Gasteiger partial charge on any atom is 0.280 e. The van der Waals surface area contributed by atoms with Crippen molar-refractivity contribution in [3.8, 4) is 5.75 Å². The highest BCUT2D eigenvalue weighted by molar-refractivity contribution is 7.92. The Bertz CT molecular complexity index is 1620. The molecule has 0 saturated carbocycles.